The molecule has 0 aliphatic carbocycles. The van der Waals surface area contributed by atoms with Crippen LogP contribution in [0.2, 0.25) is 0 Å². The van der Waals surface area contributed by atoms with E-state index in [1.807, 2.05) is 7.05 Å². The monoisotopic (exact) mass is 822 g/mol. The van der Waals surface area contributed by atoms with E-state index in [0.29, 0.717) is 13.1 Å². The van der Waals surface area contributed by atoms with Crippen LogP contribution in [-0.2, 0) is 23.8 Å². The lowest BCUT2D eigenvalue weighted by atomic mass is 9.78. The van der Waals surface area contributed by atoms with Crippen molar-refractivity contribution < 1.29 is 58.9 Å². The number of carbonyl (C=O) groups is 3. The van der Waals surface area contributed by atoms with Gasteiger partial charge in [0.2, 0.25) is 0 Å². The normalized spacial score (nSPS) is 32.1. The van der Waals surface area contributed by atoms with Crippen molar-refractivity contribution in [3.8, 4) is 23.0 Å². The molecule has 2 aromatic carbocycles. The van der Waals surface area contributed by atoms with E-state index in [4.69, 9.17) is 18.9 Å². The average Bonchev–Trinajstić information content (AvgIpc) is 3.46. The number of aliphatic hydroxyl groups is 2. The Balaban J connectivity index is 1.70. The molecule has 5 bridgehead atoms. The van der Waals surface area contributed by atoms with E-state index in [2.05, 4.69) is 15.3 Å². The maximum atomic E-state index is 14.4. The zero-order chi connectivity index (χ0) is 43.7. The van der Waals surface area contributed by atoms with E-state index in [1.165, 1.54) is 59.4 Å². The summed E-state index contributed by atoms with van der Waals surface area (Å²) >= 11 is 0. The van der Waals surface area contributed by atoms with Gasteiger partial charge in [-0.3, -0.25) is 19.4 Å². The number of likely N-dealkylation sites (N-methyl/N-ethyl adjacent to an activating group) is 1. The molecule has 4 aliphatic rings. The standard InChI is InChI=1S/C43H58N4O12/c1-21-12-11-13-22(2)42(55)45-33-28(20-44-47-17-15-46(9)16-18-47)37(52)30-31(38(33)53)36(51)26(6)40-32(30)41(54)43(8,59-40)57-19-14-29(56-10)23(3)39(58-27(7)48)25(5)35(50)24(4)34(21)49/h11-14,19-21,23-25,29,34-35,39,49-53H,15-18H2,1-10H3,(H,45,55)/b12-11-,19-14-,22-13-,44-20?/t21-,23-,24-,25-,29+,34-,35-,39+,43-/m0/s1. The van der Waals surface area contributed by atoms with Gasteiger partial charge in [-0.2, -0.15) is 5.10 Å². The Morgan fingerprint density at radius 1 is 0.949 bits per heavy atom. The van der Waals surface area contributed by atoms with E-state index in [1.54, 1.807) is 44.9 Å². The topological polar surface area (TPSA) is 220 Å². The predicted octanol–water partition coefficient (Wildman–Crippen LogP) is 4.34. The minimum absolute atomic E-state index is 0.0559. The summed E-state index contributed by atoms with van der Waals surface area (Å²) in [5.41, 5.74) is -0.350. The van der Waals surface area contributed by atoms with Crippen molar-refractivity contribution >= 4 is 40.3 Å². The van der Waals surface area contributed by atoms with Gasteiger partial charge in [0.25, 0.3) is 11.7 Å². The van der Waals surface area contributed by atoms with Crippen LogP contribution >= 0.6 is 0 Å². The number of phenols is 3. The third kappa shape index (κ3) is 8.91. The average molecular weight is 823 g/mol. The fourth-order valence-electron chi connectivity index (χ4n) is 7.92. The van der Waals surface area contributed by atoms with Crippen molar-refractivity contribution in [2.75, 3.05) is 45.7 Å². The molecule has 322 valence electrons. The van der Waals surface area contributed by atoms with Gasteiger partial charge in [-0.1, -0.05) is 45.9 Å². The predicted molar refractivity (Wildman–Crippen MR) is 220 cm³/mol. The molecule has 1 amide bonds. The number of aromatic hydroxyl groups is 3. The summed E-state index contributed by atoms with van der Waals surface area (Å²) in [6.07, 6.45) is 4.86. The van der Waals surface area contributed by atoms with Gasteiger partial charge < -0.3 is 54.7 Å². The number of methoxy groups -OCH3 is 1. The molecule has 59 heavy (non-hydrogen) atoms. The molecule has 0 aromatic heterocycles. The van der Waals surface area contributed by atoms with Crippen molar-refractivity contribution in [2.24, 2.45) is 28.8 Å². The summed E-state index contributed by atoms with van der Waals surface area (Å²) in [5.74, 6) is -8.34. The Labute approximate surface area is 344 Å². The first-order chi connectivity index (χ1) is 27.7. The number of hydrogen-bond donors (Lipinski definition) is 6. The number of phenolic OH excluding ortho intramolecular Hbond substituents is 3. The van der Waals surface area contributed by atoms with E-state index >= 15 is 0 Å². The highest BCUT2D eigenvalue weighted by molar-refractivity contribution is 6.23. The number of esters is 1. The number of ether oxygens (including phenoxy) is 4. The molecular formula is C43H58N4O12. The first kappa shape index (κ1) is 44.9. The molecule has 16 nitrogen and oxygen atoms in total. The molecule has 1 saturated heterocycles. The molecular weight excluding hydrogens is 764 g/mol. The van der Waals surface area contributed by atoms with Gasteiger partial charge in [0, 0.05) is 87.3 Å². The van der Waals surface area contributed by atoms with E-state index in [9.17, 15) is 39.9 Å². The number of piperazine rings is 1. The third-order valence-corrected chi connectivity index (χ3v) is 11.9. The second kappa shape index (κ2) is 18.0. The van der Waals surface area contributed by atoms with Gasteiger partial charge in [0.15, 0.2) is 5.75 Å². The molecule has 6 rings (SSSR count). The van der Waals surface area contributed by atoms with Gasteiger partial charge in [-0.15, -0.1) is 0 Å². The molecule has 6 N–H and O–H groups in total. The third-order valence-electron chi connectivity index (χ3n) is 11.9. The Bertz CT molecular complexity index is 2070. The zero-order valence-corrected chi connectivity index (χ0v) is 35.3. The molecule has 0 radical (unpaired) electrons. The van der Waals surface area contributed by atoms with Crippen LogP contribution in [0.3, 0.4) is 0 Å². The lowest BCUT2D eigenvalue weighted by Gasteiger charge is -2.38. The zero-order valence-electron chi connectivity index (χ0n) is 35.3. The summed E-state index contributed by atoms with van der Waals surface area (Å²) in [4.78, 5) is 42.6. The van der Waals surface area contributed by atoms with Crippen molar-refractivity contribution in [2.45, 2.75) is 85.6 Å². The number of anilines is 1. The molecule has 16 heteroatoms. The number of hydrazone groups is 1. The van der Waals surface area contributed by atoms with Crippen LogP contribution in [0, 0.1) is 30.6 Å². The number of nitrogens with one attached hydrogen (secondary N) is 1. The van der Waals surface area contributed by atoms with Crippen molar-refractivity contribution in [1.82, 2.24) is 9.91 Å². The Kier molecular flexibility index (Phi) is 13.7. The van der Waals surface area contributed by atoms with Crippen LogP contribution in [-0.4, -0.2) is 130 Å². The van der Waals surface area contributed by atoms with Gasteiger partial charge in [0.1, 0.15) is 23.4 Å². The summed E-state index contributed by atoms with van der Waals surface area (Å²) in [5, 5.41) is 66.8. The Morgan fingerprint density at radius 3 is 2.24 bits per heavy atom. The first-order valence-corrected chi connectivity index (χ1v) is 19.8. The number of nitrogens with zero attached hydrogens (tertiary/aromatic N) is 3. The van der Waals surface area contributed by atoms with Crippen molar-refractivity contribution in [3.63, 3.8) is 0 Å². The SMILES string of the molecule is CO[C@@H]1/C=C\O[C@@]2(C)Oc3c(C)c(O)c4c(O)c(c(C=NN5CCN(C)CC5)c(O)c4c3C2=O)NC(=O)/C(C)=C\C=C/[C@H](C)[C@H](O)[C@H](C)[C@H](O)[C@H](C)[C@H](OC(C)=O)[C@H]1C. The second-order valence-electron chi connectivity index (χ2n) is 16.1. The summed E-state index contributed by atoms with van der Waals surface area (Å²) in [6.45, 7) is 15.1. The quantitative estimate of drug-likeness (QED) is 0.109. The number of benzene rings is 2. The van der Waals surface area contributed by atoms with Crippen LogP contribution in [0.1, 0.15) is 70.0 Å². The van der Waals surface area contributed by atoms with Crippen molar-refractivity contribution in [3.05, 3.63) is 52.8 Å². The van der Waals surface area contributed by atoms with Gasteiger partial charge in [-0.05, 0) is 27.0 Å². The number of ketones is 1. The second-order valence-corrected chi connectivity index (χ2v) is 16.1. The number of hydrogen-bond acceptors (Lipinski definition) is 15. The number of carbonyl (C=O) groups excluding carboxylic acids is 3. The lowest BCUT2D eigenvalue weighted by Crippen LogP contribution is -2.46. The van der Waals surface area contributed by atoms with Crippen LogP contribution in [0.15, 0.2) is 41.2 Å². The molecule has 4 heterocycles. The lowest BCUT2D eigenvalue weighted by molar-refractivity contribution is -0.160. The fraction of sp³-hybridized carbons (Fsp3) is 0.535. The van der Waals surface area contributed by atoms with Crippen LogP contribution < -0.4 is 10.1 Å². The van der Waals surface area contributed by atoms with Crippen LogP contribution in [0.25, 0.3) is 10.8 Å². The van der Waals surface area contributed by atoms with Crippen molar-refractivity contribution in [1.29, 1.82) is 0 Å². The molecule has 0 saturated carbocycles. The Hall–Kier alpha value is -5.16. The van der Waals surface area contributed by atoms with Crippen LogP contribution in [0.4, 0.5) is 5.69 Å². The number of Topliss-reactive ketones (excluding diaryl/α,β-unsaturated/α-hetero) is 1. The molecule has 0 unspecified atom stereocenters. The molecule has 1 fully saturated rings. The smallest absolute Gasteiger partial charge is 0.312 e. The fourth-order valence-corrected chi connectivity index (χ4v) is 7.92. The number of fused-ring (bicyclic) bond motifs is 14. The highest BCUT2D eigenvalue weighted by Crippen LogP contribution is 2.55. The molecule has 0 spiro atoms. The minimum atomic E-state index is -2.04. The maximum Gasteiger partial charge on any atom is 0.312 e. The highest BCUT2D eigenvalue weighted by atomic mass is 16.7. The summed E-state index contributed by atoms with van der Waals surface area (Å²) < 4.78 is 23.6. The highest BCUT2D eigenvalue weighted by Gasteiger charge is 2.50. The minimum Gasteiger partial charge on any atom is -0.507 e. The number of allylic oxidation sites excluding steroid dienone is 2. The van der Waals surface area contributed by atoms with E-state index in [-0.39, 0.29) is 44.5 Å². The van der Waals surface area contributed by atoms with Gasteiger partial charge in [0.05, 0.1) is 53.0 Å². The largest absolute Gasteiger partial charge is 0.507 e. The number of rotatable bonds is 4. The number of aliphatic hydroxyl groups excluding tert-OH is 2. The maximum absolute atomic E-state index is 14.4. The summed E-state index contributed by atoms with van der Waals surface area (Å²) in [6, 6.07) is 0. The van der Waals surface area contributed by atoms with E-state index < -0.39 is 88.8 Å². The molecule has 4 aliphatic heterocycles. The van der Waals surface area contributed by atoms with E-state index in [0.717, 1.165) is 13.1 Å². The first-order valence-electron chi connectivity index (χ1n) is 19.8. The number of amides is 1. The molecule has 2 aromatic rings. The molecule has 9 atom stereocenters. The van der Waals surface area contributed by atoms with Gasteiger partial charge >= 0.3 is 11.8 Å². The van der Waals surface area contributed by atoms with Crippen LogP contribution in [0.5, 0.6) is 23.0 Å². The Morgan fingerprint density at radius 2 is 1.61 bits per heavy atom. The summed E-state index contributed by atoms with van der Waals surface area (Å²) in [7, 11) is 3.42. The van der Waals surface area contributed by atoms with Gasteiger partial charge in [-0.25, -0.2) is 0 Å².